The molecule has 4 heteroatoms. The highest BCUT2D eigenvalue weighted by Crippen LogP contribution is 2.11. The summed E-state index contributed by atoms with van der Waals surface area (Å²) in [7, 11) is -0.582. The zero-order valence-corrected chi connectivity index (χ0v) is 9.18. The van der Waals surface area contributed by atoms with Crippen LogP contribution in [0.3, 0.4) is 0 Å². The van der Waals surface area contributed by atoms with Gasteiger partial charge in [0, 0.05) is 12.2 Å². The van der Waals surface area contributed by atoms with Crippen LogP contribution in [0.5, 0.6) is 0 Å². The van der Waals surface area contributed by atoms with Gasteiger partial charge in [-0.1, -0.05) is 13.8 Å². The molecule has 0 fully saturated rings. The van der Waals surface area contributed by atoms with Crippen molar-refractivity contribution in [1.29, 1.82) is 0 Å². The third-order valence-corrected chi connectivity index (χ3v) is 3.26. The number of hydrogen-bond donors (Lipinski definition) is 2. The van der Waals surface area contributed by atoms with Crippen molar-refractivity contribution < 1.29 is 4.43 Å². The molecule has 0 radical (unpaired) electrons. The molecule has 3 nitrogen and oxygen atoms in total. The minimum Gasteiger partial charge on any atom is -0.416 e. The summed E-state index contributed by atoms with van der Waals surface area (Å²) in [6, 6.07) is 0. The lowest BCUT2D eigenvalue weighted by Gasteiger charge is -2.28. The van der Waals surface area contributed by atoms with Crippen molar-refractivity contribution in [1.82, 2.24) is 0 Å². The molecule has 0 aliphatic carbocycles. The molecule has 0 bridgehead atoms. The summed E-state index contributed by atoms with van der Waals surface area (Å²) < 4.78 is 5.68. The van der Waals surface area contributed by atoms with Crippen molar-refractivity contribution in [2.75, 3.05) is 6.54 Å². The largest absolute Gasteiger partial charge is 0.416 e. The predicted octanol–water partition coefficient (Wildman–Crippen LogP) is -0.481. The first-order valence-corrected chi connectivity index (χ1v) is 5.53. The van der Waals surface area contributed by atoms with Crippen molar-refractivity contribution in [2.45, 2.75) is 38.5 Å². The van der Waals surface area contributed by atoms with E-state index in [2.05, 4.69) is 6.92 Å². The van der Waals surface area contributed by atoms with Gasteiger partial charge in [0.25, 0.3) is 0 Å². The Balaban J connectivity index is 3.69. The predicted molar refractivity (Wildman–Crippen MR) is 51.0 cm³/mol. The highest BCUT2D eigenvalue weighted by Gasteiger charge is 2.20. The molecule has 0 aromatic carbocycles. The van der Waals surface area contributed by atoms with Crippen molar-refractivity contribution in [3.8, 4) is 0 Å². The van der Waals surface area contributed by atoms with Gasteiger partial charge in [-0.25, -0.2) is 0 Å². The summed E-state index contributed by atoms with van der Waals surface area (Å²) in [5.41, 5.74) is 11.3. The minimum atomic E-state index is -0.582. The molecule has 68 valence electrons. The van der Waals surface area contributed by atoms with Crippen LogP contribution in [0.2, 0.25) is 0 Å². The maximum Gasteiger partial charge on any atom is 0.178 e. The maximum absolute atomic E-state index is 5.68. The van der Waals surface area contributed by atoms with Gasteiger partial charge in [-0.05, 0) is 13.3 Å². The Bertz CT molecular complexity index is 105. The van der Waals surface area contributed by atoms with Crippen LogP contribution in [-0.2, 0) is 4.43 Å². The van der Waals surface area contributed by atoms with Crippen LogP contribution in [0.1, 0.15) is 27.2 Å². The van der Waals surface area contributed by atoms with Crippen molar-refractivity contribution >= 4 is 9.76 Å². The van der Waals surface area contributed by atoms with E-state index in [1.54, 1.807) is 0 Å². The van der Waals surface area contributed by atoms with Crippen LogP contribution in [0.4, 0.5) is 0 Å². The van der Waals surface area contributed by atoms with E-state index in [1.807, 2.05) is 13.8 Å². The topological polar surface area (TPSA) is 61.3 Å². The standard InChI is InChI=1S/C7H20N2OSi/c1-4-7(3,5-8)10-11-6(2)9/h6H,4-5,8-9,11H2,1-3H3. The Kier molecular flexibility index (Phi) is 4.91. The molecule has 0 amide bonds. The van der Waals surface area contributed by atoms with Gasteiger partial charge in [0.15, 0.2) is 9.76 Å². The summed E-state index contributed by atoms with van der Waals surface area (Å²) in [5, 5.41) is 0. The van der Waals surface area contributed by atoms with E-state index in [9.17, 15) is 0 Å². The maximum atomic E-state index is 5.68. The van der Waals surface area contributed by atoms with Crippen LogP contribution < -0.4 is 11.5 Å². The Morgan fingerprint density at radius 3 is 2.45 bits per heavy atom. The van der Waals surface area contributed by atoms with E-state index in [-0.39, 0.29) is 11.3 Å². The monoisotopic (exact) mass is 176 g/mol. The van der Waals surface area contributed by atoms with E-state index >= 15 is 0 Å². The third-order valence-electron chi connectivity index (χ3n) is 1.87. The van der Waals surface area contributed by atoms with Gasteiger partial charge in [-0.2, -0.15) is 0 Å². The van der Waals surface area contributed by atoms with E-state index in [0.29, 0.717) is 6.54 Å². The van der Waals surface area contributed by atoms with E-state index < -0.39 is 9.76 Å². The second-order valence-electron chi connectivity index (χ2n) is 3.30. The summed E-state index contributed by atoms with van der Waals surface area (Å²) in [6.07, 6.45) is 0.962. The number of rotatable bonds is 5. The summed E-state index contributed by atoms with van der Waals surface area (Å²) in [6.45, 7) is 6.70. The Morgan fingerprint density at radius 2 is 2.18 bits per heavy atom. The van der Waals surface area contributed by atoms with Crippen molar-refractivity contribution in [3.63, 3.8) is 0 Å². The van der Waals surface area contributed by atoms with Crippen molar-refractivity contribution in [2.24, 2.45) is 11.5 Å². The number of hydrogen-bond acceptors (Lipinski definition) is 3. The van der Waals surface area contributed by atoms with E-state index in [4.69, 9.17) is 15.9 Å². The highest BCUT2D eigenvalue weighted by molar-refractivity contribution is 6.29. The molecule has 0 saturated carbocycles. The first-order valence-electron chi connectivity index (χ1n) is 4.13. The molecular formula is C7H20N2OSi. The summed E-state index contributed by atoms with van der Waals surface area (Å²) in [4.78, 5) is 0. The fourth-order valence-corrected chi connectivity index (χ4v) is 1.63. The molecule has 0 aromatic rings. The normalized spacial score (nSPS) is 20.5. The highest BCUT2D eigenvalue weighted by atomic mass is 28.2. The molecule has 0 rings (SSSR count). The second-order valence-corrected chi connectivity index (χ2v) is 5.21. The Hall–Kier alpha value is 0.0969. The molecule has 0 aromatic heterocycles. The van der Waals surface area contributed by atoms with E-state index in [1.165, 1.54) is 0 Å². The van der Waals surface area contributed by atoms with Crippen LogP contribution in [-0.4, -0.2) is 27.6 Å². The average Bonchev–Trinajstić information content (AvgIpc) is 2.00. The van der Waals surface area contributed by atoms with Crippen LogP contribution in [0.15, 0.2) is 0 Å². The van der Waals surface area contributed by atoms with Gasteiger partial charge in [0.05, 0.1) is 5.60 Å². The van der Waals surface area contributed by atoms with Crippen molar-refractivity contribution in [3.05, 3.63) is 0 Å². The zero-order chi connectivity index (χ0) is 8.91. The van der Waals surface area contributed by atoms with Gasteiger partial charge in [-0.3, -0.25) is 0 Å². The van der Waals surface area contributed by atoms with Crippen LogP contribution >= 0.6 is 0 Å². The van der Waals surface area contributed by atoms with E-state index in [0.717, 1.165) is 6.42 Å². The fraction of sp³-hybridized carbons (Fsp3) is 1.00. The molecule has 4 N–H and O–H groups in total. The molecule has 0 heterocycles. The minimum absolute atomic E-state index is 0.125. The van der Waals surface area contributed by atoms with Crippen LogP contribution in [0, 0.1) is 0 Å². The average molecular weight is 176 g/mol. The molecule has 11 heavy (non-hydrogen) atoms. The van der Waals surface area contributed by atoms with Gasteiger partial charge < -0.3 is 15.9 Å². The SMILES string of the molecule is CCC(C)(CN)O[SiH2]C(C)N. The van der Waals surface area contributed by atoms with Gasteiger partial charge in [0.1, 0.15) is 0 Å². The fourth-order valence-electron chi connectivity index (χ4n) is 0.638. The molecule has 2 atom stereocenters. The quantitative estimate of drug-likeness (QED) is 0.556. The second kappa shape index (κ2) is 4.87. The molecule has 0 spiro atoms. The smallest absolute Gasteiger partial charge is 0.178 e. The molecule has 2 unspecified atom stereocenters. The third kappa shape index (κ3) is 4.52. The first-order chi connectivity index (χ1) is 5.04. The lowest BCUT2D eigenvalue weighted by Crippen LogP contribution is -2.41. The van der Waals surface area contributed by atoms with Gasteiger partial charge in [-0.15, -0.1) is 0 Å². The first kappa shape index (κ1) is 11.1. The number of nitrogens with two attached hydrogens (primary N) is 2. The molecule has 0 aliphatic rings. The summed E-state index contributed by atoms with van der Waals surface area (Å²) in [5.74, 6) is 0. The molecular weight excluding hydrogens is 156 g/mol. The molecule has 0 aliphatic heterocycles. The lowest BCUT2D eigenvalue weighted by molar-refractivity contribution is 0.0972. The molecule has 0 saturated heterocycles. The lowest BCUT2D eigenvalue weighted by atomic mass is 10.1. The Morgan fingerprint density at radius 1 is 1.64 bits per heavy atom. The van der Waals surface area contributed by atoms with Gasteiger partial charge in [0.2, 0.25) is 0 Å². The summed E-state index contributed by atoms with van der Waals surface area (Å²) >= 11 is 0. The Labute approximate surface area is 71.4 Å². The van der Waals surface area contributed by atoms with Crippen LogP contribution in [0.25, 0.3) is 0 Å². The van der Waals surface area contributed by atoms with Gasteiger partial charge >= 0.3 is 0 Å². The zero-order valence-electron chi connectivity index (χ0n) is 7.76.